The highest BCUT2D eigenvalue weighted by Gasteiger charge is 2.12. The number of nitrogens with zero attached hydrogens (tertiary/aromatic N) is 1. The topological polar surface area (TPSA) is 49.7 Å². The van der Waals surface area contributed by atoms with Gasteiger partial charge in [0.05, 0.1) is 0 Å². The van der Waals surface area contributed by atoms with Crippen LogP contribution >= 0.6 is 15.9 Å². The van der Waals surface area contributed by atoms with Gasteiger partial charge in [0.1, 0.15) is 5.71 Å². The summed E-state index contributed by atoms with van der Waals surface area (Å²) in [6, 6.07) is 5.33. The van der Waals surface area contributed by atoms with Gasteiger partial charge >= 0.3 is 0 Å². The minimum Gasteiger partial charge on any atom is -0.411 e. The first kappa shape index (κ1) is 10.9. The molecule has 0 aliphatic rings. The van der Waals surface area contributed by atoms with Crippen LogP contribution < -0.4 is 0 Å². The summed E-state index contributed by atoms with van der Waals surface area (Å²) < 4.78 is 0.921. The molecular formula is C10H10BrNO2. The normalized spacial score (nSPS) is 11.5. The van der Waals surface area contributed by atoms with Crippen molar-refractivity contribution in [1.29, 1.82) is 0 Å². The highest BCUT2D eigenvalue weighted by atomic mass is 79.9. The molecular weight excluding hydrogens is 246 g/mol. The van der Waals surface area contributed by atoms with Crippen LogP contribution in [0.25, 0.3) is 0 Å². The van der Waals surface area contributed by atoms with E-state index in [-0.39, 0.29) is 11.5 Å². The first-order valence-corrected chi connectivity index (χ1v) is 4.85. The first-order valence-electron chi connectivity index (χ1n) is 4.05. The van der Waals surface area contributed by atoms with Gasteiger partial charge in [-0.1, -0.05) is 21.1 Å². The molecule has 0 radical (unpaired) electrons. The van der Waals surface area contributed by atoms with Gasteiger partial charge in [-0.05, 0) is 37.6 Å². The van der Waals surface area contributed by atoms with Crippen molar-refractivity contribution in [3.05, 3.63) is 33.8 Å². The summed E-state index contributed by atoms with van der Waals surface area (Å²) in [6.45, 7) is 3.31. The zero-order valence-corrected chi connectivity index (χ0v) is 9.50. The summed E-state index contributed by atoms with van der Waals surface area (Å²) in [4.78, 5) is 11.6. The predicted octanol–water partition coefficient (Wildman–Crippen LogP) is 2.79. The van der Waals surface area contributed by atoms with Crippen LogP contribution in [0.4, 0.5) is 0 Å². The van der Waals surface area contributed by atoms with Crippen LogP contribution in [-0.2, 0) is 0 Å². The molecule has 0 heterocycles. The quantitative estimate of drug-likeness (QED) is 0.383. The molecule has 0 bridgehead atoms. The summed E-state index contributed by atoms with van der Waals surface area (Å²) in [5.41, 5.74) is 1.51. The fourth-order valence-corrected chi connectivity index (χ4v) is 1.60. The maximum Gasteiger partial charge on any atom is 0.210 e. The zero-order valence-electron chi connectivity index (χ0n) is 7.91. The van der Waals surface area contributed by atoms with Crippen molar-refractivity contribution in [2.75, 3.05) is 0 Å². The van der Waals surface area contributed by atoms with E-state index in [1.807, 2.05) is 13.0 Å². The monoisotopic (exact) mass is 255 g/mol. The zero-order chi connectivity index (χ0) is 10.7. The molecule has 0 spiro atoms. The minimum atomic E-state index is -0.252. The van der Waals surface area contributed by atoms with Crippen LogP contribution in [0.2, 0.25) is 0 Å². The Hall–Kier alpha value is -1.16. The number of benzene rings is 1. The Morgan fingerprint density at radius 1 is 1.50 bits per heavy atom. The summed E-state index contributed by atoms with van der Waals surface area (Å²) in [5, 5.41) is 11.4. The van der Waals surface area contributed by atoms with Gasteiger partial charge in [0.25, 0.3) is 0 Å². The summed E-state index contributed by atoms with van der Waals surface area (Å²) in [5.74, 6) is -0.252. The van der Waals surface area contributed by atoms with Crippen molar-refractivity contribution in [3.63, 3.8) is 0 Å². The van der Waals surface area contributed by atoms with Gasteiger partial charge in [-0.3, -0.25) is 4.79 Å². The third-order valence-electron chi connectivity index (χ3n) is 1.91. The summed E-state index contributed by atoms with van der Waals surface area (Å²) in [6.07, 6.45) is 0. The number of halogens is 1. The Morgan fingerprint density at radius 2 is 2.14 bits per heavy atom. The second kappa shape index (κ2) is 4.37. The lowest BCUT2D eigenvalue weighted by Crippen LogP contribution is -2.11. The first-order chi connectivity index (χ1) is 6.56. The highest BCUT2D eigenvalue weighted by molar-refractivity contribution is 9.10. The maximum atomic E-state index is 11.6. The van der Waals surface area contributed by atoms with E-state index in [9.17, 15) is 4.79 Å². The van der Waals surface area contributed by atoms with E-state index in [1.165, 1.54) is 6.92 Å². The summed E-state index contributed by atoms with van der Waals surface area (Å²) >= 11 is 3.31. The van der Waals surface area contributed by atoms with E-state index in [0.717, 1.165) is 10.0 Å². The number of aryl methyl sites for hydroxylation is 1. The van der Waals surface area contributed by atoms with Gasteiger partial charge in [-0.25, -0.2) is 0 Å². The van der Waals surface area contributed by atoms with Gasteiger partial charge in [0, 0.05) is 10.0 Å². The number of carbonyl (C=O) groups is 1. The Kier molecular flexibility index (Phi) is 3.41. The van der Waals surface area contributed by atoms with Gasteiger partial charge in [0.15, 0.2) is 0 Å². The smallest absolute Gasteiger partial charge is 0.210 e. The molecule has 0 aliphatic heterocycles. The van der Waals surface area contributed by atoms with E-state index >= 15 is 0 Å². The van der Waals surface area contributed by atoms with Crippen LogP contribution in [0.5, 0.6) is 0 Å². The minimum absolute atomic E-state index is 0.0930. The number of hydrogen-bond acceptors (Lipinski definition) is 3. The van der Waals surface area contributed by atoms with Gasteiger partial charge in [-0.15, -0.1) is 0 Å². The molecule has 1 aromatic rings. The molecule has 1 aromatic carbocycles. The second-order valence-electron chi connectivity index (χ2n) is 2.97. The maximum absolute atomic E-state index is 11.6. The van der Waals surface area contributed by atoms with Crippen LogP contribution in [0, 0.1) is 6.92 Å². The molecule has 0 saturated heterocycles. The number of carbonyl (C=O) groups excluding carboxylic acids is 1. The molecule has 74 valence electrons. The number of ketones is 1. The van der Waals surface area contributed by atoms with Crippen LogP contribution in [0.15, 0.2) is 27.8 Å². The number of rotatable bonds is 2. The molecule has 3 nitrogen and oxygen atoms in total. The van der Waals surface area contributed by atoms with Crippen molar-refractivity contribution >= 4 is 27.4 Å². The van der Waals surface area contributed by atoms with Crippen LogP contribution in [0.1, 0.15) is 22.8 Å². The number of hydrogen-bond donors (Lipinski definition) is 1. The lowest BCUT2D eigenvalue weighted by atomic mass is 10.0. The fourth-order valence-electron chi connectivity index (χ4n) is 1.12. The van der Waals surface area contributed by atoms with Gasteiger partial charge in [-0.2, -0.15) is 0 Å². The number of oxime groups is 1. The van der Waals surface area contributed by atoms with Crippen molar-refractivity contribution in [2.24, 2.45) is 5.16 Å². The fraction of sp³-hybridized carbons (Fsp3) is 0.200. The highest BCUT2D eigenvalue weighted by Crippen LogP contribution is 2.16. The van der Waals surface area contributed by atoms with Crippen LogP contribution in [0.3, 0.4) is 0 Å². The molecule has 1 rings (SSSR count). The average molecular weight is 256 g/mol. The molecule has 1 N–H and O–H groups in total. The Labute approximate surface area is 90.6 Å². The third-order valence-corrected chi connectivity index (χ3v) is 2.40. The molecule has 0 aliphatic carbocycles. The van der Waals surface area contributed by atoms with Crippen molar-refractivity contribution in [2.45, 2.75) is 13.8 Å². The molecule has 0 aromatic heterocycles. The SMILES string of the molecule is C/C(=N\O)C(=O)c1ccc(Br)cc1C. The summed E-state index contributed by atoms with van der Waals surface area (Å²) in [7, 11) is 0. The lowest BCUT2D eigenvalue weighted by molar-refractivity contribution is 0.106. The van der Waals surface area contributed by atoms with Crippen molar-refractivity contribution < 1.29 is 10.0 Å². The number of Topliss-reactive ketones (excluding diaryl/α,β-unsaturated/α-hetero) is 1. The molecule has 0 atom stereocenters. The lowest BCUT2D eigenvalue weighted by Gasteiger charge is -2.03. The van der Waals surface area contributed by atoms with E-state index in [4.69, 9.17) is 5.21 Å². The molecule has 0 saturated carbocycles. The second-order valence-corrected chi connectivity index (χ2v) is 3.89. The Bertz CT molecular complexity index is 399. The van der Waals surface area contributed by atoms with Crippen molar-refractivity contribution in [3.8, 4) is 0 Å². The van der Waals surface area contributed by atoms with E-state index in [2.05, 4.69) is 21.1 Å². The molecule has 0 amide bonds. The standard InChI is InChI=1S/C10H10BrNO2/c1-6-5-8(11)3-4-9(6)10(13)7(2)12-14/h3-5,14H,1-2H3/b12-7+. The van der Waals surface area contributed by atoms with Crippen molar-refractivity contribution in [1.82, 2.24) is 0 Å². The van der Waals surface area contributed by atoms with Crippen LogP contribution in [-0.4, -0.2) is 16.7 Å². The molecule has 14 heavy (non-hydrogen) atoms. The van der Waals surface area contributed by atoms with Gasteiger partial charge in [0.2, 0.25) is 5.78 Å². The average Bonchev–Trinajstić information content (AvgIpc) is 2.15. The van der Waals surface area contributed by atoms with E-state index in [1.54, 1.807) is 12.1 Å². The van der Waals surface area contributed by atoms with E-state index in [0.29, 0.717) is 5.56 Å². The Balaban J connectivity index is 3.14. The Morgan fingerprint density at radius 3 is 2.64 bits per heavy atom. The molecule has 4 heteroatoms. The third kappa shape index (κ3) is 2.20. The van der Waals surface area contributed by atoms with E-state index < -0.39 is 0 Å². The molecule has 0 fully saturated rings. The largest absolute Gasteiger partial charge is 0.411 e. The van der Waals surface area contributed by atoms with Gasteiger partial charge < -0.3 is 5.21 Å². The predicted molar refractivity (Wildman–Crippen MR) is 58.1 cm³/mol. The molecule has 0 unspecified atom stereocenters.